The predicted octanol–water partition coefficient (Wildman–Crippen LogP) is 0.171. The maximum atomic E-state index is 11.8. The van der Waals surface area contributed by atoms with E-state index in [4.69, 9.17) is 0 Å². The number of likely N-dealkylation sites (N-methyl/N-ethyl adjacent to an activating group) is 1. The molecule has 0 saturated carbocycles. The van der Waals surface area contributed by atoms with Crippen molar-refractivity contribution in [1.82, 2.24) is 15.1 Å². The molecule has 2 unspecified atom stereocenters. The molecule has 1 rings (SSSR count). The van der Waals surface area contributed by atoms with Crippen LogP contribution >= 0.6 is 0 Å². The normalized spacial score (nSPS) is 25.1. The fourth-order valence-corrected chi connectivity index (χ4v) is 2.22. The zero-order valence-corrected chi connectivity index (χ0v) is 10.6. The Bertz CT molecular complexity index is 253. The van der Waals surface area contributed by atoms with Crippen molar-refractivity contribution < 1.29 is 4.79 Å². The summed E-state index contributed by atoms with van der Waals surface area (Å²) in [7, 11) is 4.15. The van der Waals surface area contributed by atoms with Gasteiger partial charge in [0.2, 0.25) is 5.91 Å². The minimum Gasteiger partial charge on any atom is -0.340 e. The van der Waals surface area contributed by atoms with Gasteiger partial charge in [-0.1, -0.05) is 13.0 Å². The molecule has 4 nitrogen and oxygen atoms in total. The monoisotopic (exact) mass is 225 g/mol. The third kappa shape index (κ3) is 3.32. The van der Waals surface area contributed by atoms with Gasteiger partial charge < -0.3 is 15.1 Å². The fraction of sp³-hybridized carbons (Fsp3) is 0.750. The van der Waals surface area contributed by atoms with Gasteiger partial charge in [0.15, 0.2) is 0 Å². The molecule has 0 aromatic rings. The predicted molar refractivity (Wildman–Crippen MR) is 66.3 cm³/mol. The molecule has 4 heteroatoms. The van der Waals surface area contributed by atoms with Gasteiger partial charge in [-0.2, -0.15) is 0 Å². The Kier molecular flexibility index (Phi) is 4.96. The number of hydrogen-bond donors (Lipinski definition) is 1. The van der Waals surface area contributed by atoms with E-state index in [1.54, 1.807) is 6.08 Å². The van der Waals surface area contributed by atoms with Crippen molar-refractivity contribution in [2.75, 3.05) is 40.3 Å². The zero-order chi connectivity index (χ0) is 12.1. The maximum absolute atomic E-state index is 11.8. The van der Waals surface area contributed by atoms with Crippen LogP contribution in [0.25, 0.3) is 0 Å². The van der Waals surface area contributed by atoms with Gasteiger partial charge in [0, 0.05) is 25.7 Å². The molecule has 1 aliphatic rings. The molecule has 1 fully saturated rings. The highest BCUT2D eigenvalue weighted by atomic mass is 16.2. The molecule has 1 heterocycles. The van der Waals surface area contributed by atoms with Crippen LogP contribution in [0.5, 0.6) is 0 Å². The topological polar surface area (TPSA) is 35.6 Å². The first-order valence-electron chi connectivity index (χ1n) is 5.82. The highest BCUT2D eigenvalue weighted by Crippen LogP contribution is 2.19. The lowest BCUT2D eigenvalue weighted by molar-refractivity contribution is -0.129. The van der Waals surface area contributed by atoms with Gasteiger partial charge in [-0.3, -0.25) is 4.79 Å². The van der Waals surface area contributed by atoms with Gasteiger partial charge in [-0.25, -0.2) is 0 Å². The molecular formula is C12H23N3O. The van der Waals surface area contributed by atoms with Crippen molar-refractivity contribution in [3.8, 4) is 0 Å². The summed E-state index contributed by atoms with van der Waals surface area (Å²) in [5.41, 5.74) is 0. The highest BCUT2D eigenvalue weighted by Gasteiger charge is 2.33. The van der Waals surface area contributed by atoms with Crippen molar-refractivity contribution in [1.29, 1.82) is 0 Å². The number of amides is 1. The summed E-state index contributed by atoms with van der Waals surface area (Å²) in [4.78, 5) is 16.0. The van der Waals surface area contributed by atoms with Crippen LogP contribution < -0.4 is 5.32 Å². The number of likely N-dealkylation sites (tertiary alicyclic amines) is 1. The summed E-state index contributed by atoms with van der Waals surface area (Å²) >= 11 is 0. The SMILES string of the molecule is C=CCNCC(=O)N1CC(C)C(N(C)C)C1. The minimum atomic E-state index is 0.193. The Morgan fingerprint density at radius 2 is 2.25 bits per heavy atom. The summed E-state index contributed by atoms with van der Waals surface area (Å²) in [6.45, 7) is 8.64. The number of rotatable bonds is 5. The molecule has 16 heavy (non-hydrogen) atoms. The molecule has 92 valence electrons. The fourth-order valence-electron chi connectivity index (χ4n) is 2.22. The molecule has 1 N–H and O–H groups in total. The van der Waals surface area contributed by atoms with Crippen molar-refractivity contribution in [3.05, 3.63) is 12.7 Å². The van der Waals surface area contributed by atoms with E-state index >= 15 is 0 Å². The highest BCUT2D eigenvalue weighted by molar-refractivity contribution is 5.78. The second-order valence-corrected chi connectivity index (χ2v) is 4.73. The van der Waals surface area contributed by atoms with Crippen LogP contribution in [0.15, 0.2) is 12.7 Å². The second-order valence-electron chi connectivity index (χ2n) is 4.73. The van der Waals surface area contributed by atoms with Crippen LogP contribution in [0, 0.1) is 5.92 Å². The molecule has 1 amide bonds. The summed E-state index contributed by atoms with van der Waals surface area (Å²) in [5, 5.41) is 3.05. The molecule has 0 aromatic carbocycles. The first-order chi connectivity index (χ1) is 7.56. The number of nitrogens with zero attached hydrogens (tertiary/aromatic N) is 2. The first-order valence-corrected chi connectivity index (χ1v) is 5.82. The van der Waals surface area contributed by atoms with Gasteiger partial charge in [0.05, 0.1) is 6.54 Å². The van der Waals surface area contributed by atoms with Crippen molar-refractivity contribution in [2.24, 2.45) is 5.92 Å². The smallest absolute Gasteiger partial charge is 0.236 e. The van der Waals surface area contributed by atoms with Gasteiger partial charge in [-0.05, 0) is 20.0 Å². The third-order valence-corrected chi connectivity index (χ3v) is 3.15. The van der Waals surface area contributed by atoms with Gasteiger partial charge in [-0.15, -0.1) is 6.58 Å². The Morgan fingerprint density at radius 3 is 2.75 bits per heavy atom. The molecule has 0 aliphatic carbocycles. The van der Waals surface area contributed by atoms with Crippen molar-refractivity contribution in [2.45, 2.75) is 13.0 Å². The molecule has 0 aromatic heterocycles. The second kappa shape index (κ2) is 6.01. The summed E-state index contributed by atoms with van der Waals surface area (Å²) < 4.78 is 0. The standard InChI is InChI=1S/C12H23N3O/c1-5-6-13-7-12(16)15-8-10(2)11(9-15)14(3)4/h5,10-11,13H,1,6-9H2,2-4H3. The Morgan fingerprint density at radius 1 is 1.56 bits per heavy atom. The van der Waals surface area contributed by atoms with E-state index in [2.05, 4.69) is 37.8 Å². The lowest BCUT2D eigenvalue weighted by Crippen LogP contribution is -2.39. The minimum absolute atomic E-state index is 0.193. The molecule has 0 spiro atoms. The number of nitrogens with one attached hydrogen (secondary N) is 1. The van der Waals surface area contributed by atoms with Crippen LogP contribution in [0.2, 0.25) is 0 Å². The van der Waals surface area contributed by atoms with Crippen molar-refractivity contribution >= 4 is 5.91 Å². The van der Waals surface area contributed by atoms with Crippen LogP contribution in [0.1, 0.15) is 6.92 Å². The van der Waals surface area contributed by atoms with E-state index in [-0.39, 0.29) is 5.91 Å². The number of carbonyl (C=O) groups excluding carboxylic acids is 1. The summed E-state index contributed by atoms with van der Waals surface area (Å²) in [6.07, 6.45) is 1.77. The molecular weight excluding hydrogens is 202 g/mol. The van der Waals surface area contributed by atoms with E-state index in [9.17, 15) is 4.79 Å². The molecule has 1 aliphatic heterocycles. The van der Waals surface area contributed by atoms with Gasteiger partial charge in [0.1, 0.15) is 0 Å². The largest absolute Gasteiger partial charge is 0.340 e. The third-order valence-electron chi connectivity index (χ3n) is 3.15. The van der Waals surface area contributed by atoms with Gasteiger partial charge >= 0.3 is 0 Å². The van der Waals surface area contributed by atoms with Crippen LogP contribution in [0.3, 0.4) is 0 Å². The quantitative estimate of drug-likeness (QED) is 0.535. The van der Waals surface area contributed by atoms with Crippen LogP contribution in [-0.2, 0) is 4.79 Å². The Hall–Kier alpha value is -0.870. The average Bonchev–Trinajstić information content (AvgIpc) is 2.60. The maximum Gasteiger partial charge on any atom is 0.236 e. The lowest BCUT2D eigenvalue weighted by atomic mass is 10.1. The van der Waals surface area contributed by atoms with E-state index < -0.39 is 0 Å². The van der Waals surface area contributed by atoms with Gasteiger partial charge in [0.25, 0.3) is 0 Å². The lowest BCUT2D eigenvalue weighted by Gasteiger charge is -2.22. The molecule has 0 bridgehead atoms. The summed E-state index contributed by atoms with van der Waals surface area (Å²) in [5.74, 6) is 0.747. The van der Waals surface area contributed by atoms with E-state index in [1.165, 1.54) is 0 Å². The molecule has 2 atom stereocenters. The van der Waals surface area contributed by atoms with E-state index in [0.29, 0.717) is 25.0 Å². The van der Waals surface area contributed by atoms with Crippen LogP contribution in [0.4, 0.5) is 0 Å². The number of hydrogen-bond acceptors (Lipinski definition) is 3. The summed E-state index contributed by atoms with van der Waals surface area (Å²) in [6, 6.07) is 0.489. The Balaban J connectivity index is 2.39. The van der Waals surface area contributed by atoms with Crippen molar-refractivity contribution in [3.63, 3.8) is 0 Å². The zero-order valence-electron chi connectivity index (χ0n) is 10.6. The van der Waals surface area contributed by atoms with E-state index in [1.807, 2.05) is 4.90 Å². The Labute approximate surface area is 98.3 Å². The molecule has 0 radical (unpaired) electrons. The van der Waals surface area contributed by atoms with Crippen LogP contribution in [-0.4, -0.2) is 62.0 Å². The average molecular weight is 225 g/mol. The molecule has 1 saturated heterocycles. The van der Waals surface area contributed by atoms with E-state index in [0.717, 1.165) is 13.1 Å². The first kappa shape index (κ1) is 13.2. The number of carbonyl (C=O) groups is 1.